The van der Waals surface area contributed by atoms with Gasteiger partial charge in [0.15, 0.2) is 5.96 Å². The molecular weight excluding hydrogens is 265 g/mol. The van der Waals surface area contributed by atoms with E-state index in [9.17, 15) is 4.39 Å². The summed E-state index contributed by atoms with van der Waals surface area (Å²) in [6.07, 6.45) is 0. The number of aliphatic imine (C=N–C) groups is 2. The Kier molecular flexibility index (Phi) is 3.62. The van der Waals surface area contributed by atoms with E-state index in [1.165, 1.54) is 12.1 Å². The van der Waals surface area contributed by atoms with Gasteiger partial charge in [-0.15, -0.1) is 0 Å². The summed E-state index contributed by atoms with van der Waals surface area (Å²) >= 11 is 3.01. The lowest BCUT2D eigenvalue weighted by Gasteiger charge is -1.97. The van der Waals surface area contributed by atoms with Gasteiger partial charge in [-0.25, -0.2) is 9.38 Å². The fourth-order valence-electron chi connectivity index (χ4n) is 0.844. The lowest BCUT2D eigenvalue weighted by molar-refractivity contribution is 0.621. The first-order chi connectivity index (χ1) is 6.99. The molecule has 0 aliphatic heterocycles. The molecule has 6 N–H and O–H groups in total. The number of halogens is 2. The Hall–Kier alpha value is -1.63. The smallest absolute Gasteiger partial charge is 0.223 e. The lowest BCUT2D eigenvalue weighted by atomic mass is 10.3. The van der Waals surface area contributed by atoms with E-state index in [1.54, 1.807) is 6.07 Å². The van der Waals surface area contributed by atoms with E-state index in [-0.39, 0.29) is 11.9 Å². The molecule has 7 heteroatoms. The second-order valence-electron chi connectivity index (χ2n) is 2.61. The van der Waals surface area contributed by atoms with Crippen molar-refractivity contribution >= 4 is 33.5 Å². The molecule has 0 saturated carbocycles. The van der Waals surface area contributed by atoms with E-state index in [0.717, 1.165) is 0 Å². The molecule has 5 nitrogen and oxygen atoms in total. The normalized spacial score (nSPS) is 11.2. The topological polar surface area (TPSA) is 103 Å². The van der Waals surface area contributed by atoms with Crippen LogP contribution in [0.25, 0.3) is 0 Å². The van der Waals surface area contributed by atoms with Gasteiger partial charge in [0.25, 0.3) is 0 Å². The maximum Gasteiger partial charge on any atom is 0.223 e. The first-order valence-corrected chi connectivity index (χ1v) is 4.67. The Balaban J connectivity index is 2.99. The van der Waals surface area contributed by atoms with Crippen LogP contribution in [0.1, 0.15) is 0 Å². The van der Waals surface area contributed by atoms with Gasteiger partial charge in [-0.2, -0.15) is 4.99 Å². The highest BCUT2D eigenvalue weighted by atomic mass is 79.9. The molecule has 15 heavy (non-hydrogen) atoms. The fraction of sp³-hybridized carbons (Fsp3) is 0. The van der Waals surface area contributed by atoms with Gasteiger partial charge in [0.1, 0.15) is 5.82 Å². The summed E-state index contributed by atoms with van der Waals surface area (Å²) in [6.45, 7) is 0. The number of benzene rings is 1. The summed E-state index contributed by atoms with van der Waals surface area (Å²) in [4.78, 5) is 7.28. The number of hydrogen-bond acceptors (Lipinski definition) is 1. The molecule has 0 heterocycles. The standard InChI is InChI=1S/C8H9BrFN5/c9-5-2-1-4(3-6(5)10)14-8(13)15-7(11)12/h1-3H,(H6,11,12,13,14,15). The number of rotatable bonds is 1. The molecule has 80 valence electrons. The maximum atomic E-state index is 13.0. The van der Waals surface area contributed by atoms with Crippen molar-refractivity contribution in [3.8, 4) is 0 Å². The Bertz CT molecular complexity index is 425. The summed E-state index contributed by atoms with van der Waals surface area (Å²) < 4.78 is 13.4. The quantitative estimate of drug-likeness (QED) is 0.521. The zero-order valence-electron chi connectivity index (χ0n) is 7.61. The van der Waals surface area contributed by atoms with Crippen LogP contribution in [0.2, 0.25) is 0 Å². The molecule has 0 aliphatic rings. The number of nitrogens with two attached hydrogens (primary N) is 3. The summed E-state index contributed by atoms with van der Waals surface area (Å²) in [7, 11) is 0. The van der Waals surface area contributed by atoms with Crippen molar-refractivity contribution in [3.63, 3.8) is 0 Å². The van der Waals surface area contributed by atoms with E-state index in [1.807, 2.05) is 0 Å². The summed E-state index contributed by atoms with van der Waals surface area (Å²) in [5.41, 5.74) is 15.9. The molecule has 0 aliphatic carbocycles. The van der Waals surface area contributed by atoms with E-state index >= 15 is 0 Å². The van der Waals surface area contributed by atoms with Crippen LogP contribution in [0.5, 0.6) is 0 Å². The second-order valence-corrected chi connectivity index (χ2v) is 3.46. The van der Waals surface area contributed by atoms with Crippen LogP contribution < -0.4 is 17.2 Å². The average molecular weight is 274 g/mol. The van der Waals surface area contributed by atoms with Gasteiger partial charge < -0.3 is 17.2 Å². The number of hydrogen-bond donors (Lipinski definition) is 3. The maximum absolute atomic E-state index is 13.0. The minimum atomic E-state index is -0.436. The third-order valence-corrected chi connectivity index (χ3v) is 2.03. The zero-order valence-corrected chi connectivity index (χ0v) is 9.20. The second kappa shape index (κ2) is 4.74. The summed E-state index contributed by atoms with van der Waals surface area (Å²) in [6, 6.07) is 4.29. The molecule has 1 aromatic rings. The molecule has 0 radical (unpaired) electrons. The van der Waals surface area contributed by atoms with Crippen molar-refractivity contribution in [2.75, 3.05) is 0 Å². The predicted octanol–water partition coefficient (Wildman–Crippen LogP) is 0.808. The van der Waals surface area contributed by atoms with Crippen LogP contribution in [0, 0.1) is 5.82 Å². The number of nitrogens with zero attached hydrogens (tertiary/aromatic N) is 2. The first kappa shape index (κ1) is 11.4. The molecule has 0 fully saturated rings. The van der Waals surface area contributed by atoms with Crippen LogP contribution in [0.3, 0.4) is 0 Å². The Morgan fingerprint density at radius 3 is 2.47 bits per heavy atom. The fourth-order valence-corrected chi connectivity index (χ4v) is 1.09. The van der Waals surface area contributed by atoms with Crippen molar-refractivity contribution in [1.29, 1.82) is 0 Å². The molecule has 0 atom stereocenters. The van der Waals surface area contributed by atoms with Gasteiger partial charge in [-0.05, 0) is 28.1 Å². The molecular formula is C8H9BrFN5. The Labute approximate surface area is 94.0 Å². The highest BCUT2D eigenvalue weighted by molar-refractivity contribution is 9.10. The molecule has 0 saturated heterocycles. The van der Waals surface area contributed by atoms with Crippen molar-refractivity contribution in [1.82, 2.24) is 0 Å². The lowest BCUT2D eigenvalue weighted by Crippen LogP contribution is -2.26. The van der Waals surface area contributed by atoms with Gasteiger partial charge in [-0.3, -0.25) is 0 Å². The van der Waals surface area contributed by atoms with Crippen LogP contribution in [-0.2, 0) is 0 Å². The molecule has 0 spiro atoms. The van der Waals surface area contributed by atoms with Crippen LogP contribution in [-0.4, -0.2) is 11.9 Å². The third-order valence-electron chi connectivity index (χ3n) is 1.39. The largest absolute Gasteiger partial charge is 0.370 e. The van der Waals surface area contributed by atoms with Gasteiger partial charge >= 0.3 is 0 Å². The molecule has 0 bridgehead atoms. The summed E-state index contributed by atoms with van der Waals surface area (Å²) in [5, 5.41) is 0. The molecule has 0 aromatic heterocycles. The van der Waals surface area contributed by atoms with Crippen LogP contribution >= 0.6 is 15.9 Å². The van der Waals surface area contributed by atoms with Crippen LogP contribution in [0.15, 0.2) is 32.7 Å². The van der Waals surface area contributed by atoms with E-state index < -0.39 is 5.82 Å². The van der Waals surface area contributed by atoms with Crippen LogP contribution in [0.4, 0.5) is 10.1 Å². The highest BCUT2D eigenvalue weighted by Crippen LogP contribution is 2.21. The highest BCUT2D eigenvalue weighted by Gasteiger charge is 2.00. The average Bonchev–Trinajstić information content (AvgIpc) is 2.10. The molecule has 0 amide bonds. The minimum absolute atomic E-state index is 0.128. The van der Waals surface area contributed by atoms with Crippen molar-refractivity contribution in [3.05, 3.63) is 28.5 Å². The van der Waals surface area contributed by atoms with Crippen molar-refractivity contribution in [2.24, 2.45) is 27.2 Å². The van der Waals surface area contributed by atoms with Crippen molar-refractivity contribution in [2.45, 2.75) is 0 Å². The SMILES string of the molecule is NC(N)=NC(N)=Nc1ccc(Br)c(F)c1. The van der Waals surface area contributed by atoms with Gasteiger partial charge in [0.2, 0.25) is 5.96 Å². The van der Waals surface area contributed by atoms with Crippen molar-refractivity contribution < 1.29 is 4.39 Å². The zero-order chi connectivity index (χ0) is 11.4. The molecule has 1 rings (SSSR count). The molecule has 1 aromatic carbocycles. The Morgan fingerprint density at radius 2 is 1.93 bits per heavy atom. The van der Waals surface area contributed by atoms with Gasteiger partial charge in [0.05, 0.1) is 10.2 Å². The number of guanidine groups is 2. The minimum Gasteiger partial charge on any atom is -0.370 e. The summed E-state index contributed by atoms with van der Waals surface area (Å²) in [5.74, 6) is -0.765. The Morgan fingerprint density at radius 1 is 1.27 bits per heavy atom. The predicted molar refractivity (Wildman–Crippen MR) is 61.2 cm³/mol. The van der Waals surface area contributed by atoms with E-state index in [2.05, 4.69) is 25.9 Å². The van der Waals surface area contributed by atoms with Gasteiger partial charge in [-0.1, -0.05) is 0 Å². The van der Waals surface area contributed by atoms with E-state index in [4.69, 9.17) is 17.2 Å². The van der Waals surface area contributed by atoms with Gasteiger partial charge in [0, 0.05) is 6.07 Å². The molecule has 0 unspecified atom stereocenters. The monoisotopic (exact) mass is 273 g/mol. The van der Waals surface area contributed by atoms with E-state index in [0.29, 0.717) is 10.2 Å². The first-order valence-electron chi connectivity index (χ1n) is 3.88. The third kappa shape index (κ3) is 3.55.